The number of halogens is 3. The molecule has 0 spiro atoms. The van der Waals surface area contributed by atoms with E-state index >= 15 is 0 Å². The van der Waals surface area contributed by atoms with Crippen LogP contribution in [0.1, 0.15) is 10.4 Å². The van der Waals surface area contributed by atoms with E-state index in [2.05, 4.69) is 4.74 Å². The molecule has 30 heavy (non-hydrogen) atoms. The number of alkyl halides is 3. The van der Waals surface area contributed by atoms with Gasteiger partial charge in [0, 0.05) is 31.7 Å². The number of benzene rings is 2. The second-order valence-corrected chi connectivity index (χ2v) is 8.38. The quantitative estimate of drug-likeness (QED) is 0.709. The molecule has 0 aliphatic carbocycles. The van der Waals surface area contributed by atoms with Crippen LogP contribution in [0.2, 0.25) is 0 Å². The molecular formula is C19H19F3N2O5S. The number of piperazine rings is 1. The standard InChI is InChI=1S/C19H19F3N2O5S/c1-28-15-6-8-17(9-7-15)30(26,27)24-12-10-23(11-13-24)18(25)14-2-4-16(5-3-14)29-19(20,21)22/h2-9H,10-13H2,1H3. The van der Waals surface area contributed by atoms with Crippen molar-refractivity contribution in [1.29, 1.82) is 0 Å². The summed E-state index contributed by atoms with van der Waals surface area (Å²) in [6.45, 7) is 0.536. The van der Waals surface area contributed by atoms with Gasteiger partial charge in [-0.15, -0.1) is 13.2 Å². The van der Waals surface area contributed by atoms with Crippen LogP contribution in [0.25, 0.3) is 0 Å². The summed E-state index contributed by atoms with van der Waals surface area (Å²) in [7, 11) is -2.22. The fraction of sp³-hybridized carbons (Fsp3) is 0.316. The maximum Gasteiger partial charge on any atom is 0.573 e. The van der Waals surface area contributed by atoms with Crippen molar-refractivity contribution in [1.82, 2.24) is 9.21 Å². The molecule has 2 aromatic rings. The molecule has 3 rings (SSSR count). The number of nitrogens with zero attached hydrogens (tertiary/aromatic N) is 2. The monoisotopic (exact) mass is 444 g/mol. The van der Waals surface area contributed by atoms with E-state index in [9.17, 15) is 26.4 Å². The molecule has 1 saturated heterocycles. The van der Waals surface area contributed by atoms with Crippen molar-refractivity contribution in [3.05, 3.63) is 54.1 Å². The predicted octanol–water partition coefficient (Wildman–Crippen LogP) is 2.74. The van der Waals surface area contributed by atoms with Gasteiger partial charge in [0.15, 0.2) is 0 Å². The van der Waals surface area contributed by atoms with Crippen LogP contribution < -0.4 is 9.47 Å². The molecule has 0 saturated carbocycles. The Morgan fingerprint density at radius 1 is 0.900 bits per heavy atom. The molecule has 1 amide bonds. The molecule has 7 nitrogen and oxygen atoms in total. The lowest BCUT2D eigenvalue weighted by Crippen LogP contribution is -2.50. The molecule has 11 heteroatoms. The molecule has 162 valence electrons. The van der Waals surface area contributed by atoms with Gasteiger partial charge in [-0.1, -0.05) is 0 Å². The zero-order valence-electron chi connectivity index (χ0n) is 15.9. The van der Waals surface area contributed by atoms with E-state index in [0.717, 1.165) is 12.1 Å². The van der Waals surface area contributed by atoms with Crippen LogP contribution in [0.5, 0.6) is 11.5 Å². The van der Waals surface area contributed by atoms with Gasteiger partial charge in [-0.3, -0.25) is 4.79 Å². The third-order valence-electron chi connectivity index (χ3n) is 4.56. The lowest BCUT2D eigenvalue weighted by molar-refractivity contribution is -0.274. The zero-order valence-corrected chi connectivity index (χ0v) is 16.7. The number of methoxy groups -OCH3 is 1. The molecule has 2 aromatic carbocycles. The second-order valence-electron chi connectivity index (χ2n) is 6.44. The van der Waals surface area contributed by atoms with E-state index in [0.29, 0.717) is 5.75 Å². The molecule has 0 aromatic heterocycles. The number of ether oxygens (including phenoxy) is 2. The summed E-state index contributed by atoms with van der Waals surface area (Å²) in [4.78, 5) is 14.2. The van der Waals surface area contributed by atoms with Gasteiger partial charge >= 0.3 is 6.36 Å². The zero-order chi connectivity index (χ0) is 21.9. The number of carbonyl (C=O) groups is 1. The number of rotatable bonds is 5. The summed E-state index contributed by atoms with van der Waals surface area (Å²) in [5, 5.41) is 0. The molecule has 0 N–H and O–H groups in total. The highest BCUT2D eigenvalue weighted by atomic mass is 32.2. The summed E-state index contributed by atoms with van der Waals surface area (Å²) in [6, 6.07) is 10.6. The summed E-state index contributed by atoms with van der Waals surface area (Å²) in [5.41, 5.74) is 0.191. The highest BCUT2D eigenvalue weighted by Gasteiger charge is 2.32. The number of amides is 1. The average molecular weight is 444 g/mol. The highest BCUT2D eigenvalue weighted by molar-refractivity contribution is 7.89. The van der Waals surface area contributed by atoms with Gasteiger partial charge in [-0.2, -0.15) is 4.31 Å². The molecule has 1 fully saturated rings. The van der Waals surface area contributed by atoms with E-state index in [1.807, 2.05) is 0 Å². The van der Waals surface area contributed by atoms with Crippen molar-refractivity contribution in [2.24, 2.45) is 0 Å². The second kappa shape index (κ2) is 8.52. The highest BCUT2D eigenvalue weighted by Crippen LogP contribution is 2.24. The first-order valence-electron chi connectivity index (χ1n) is 8.89. The van der Waals surface area contributed by atoms with Gasteiger partial charge in [0.1, 0.15) is 11.5 Å². The average Bonchev–Trinajstić information content (AvgIpc) is 2.73. The number of hydrogen-bond donors (Lipinski definition) is 0. The number of carbonyl (C=O) groups excluding carboxylic acids is 1. The third-order valence-corrected chi connectivity index (χ3v) is 6.47. The fourth-order valence-corrected chi connectivity index (χ4v) is 4.43. The first kappa shape index (κ1) is 21.9. The van der Waals surface area contributed by atoms with Crippen molar-refractivity contribution < 1.29 is 35.9 Å². The van der Waals surface area contributed by atoms with Gasteiger partial charge in [0.25, 0.3) is 5.91 Å². The Balaban J connectivity index is 1.62. The normalized spacial score (nSPS) is 15.7. The Hall–Kier alpha value is -2.79. The van der Waals surface area contributed by atoms with Crippen molar-refractivity contribution in [2.75, 3.05) is 33.3 Å². The molecular weight excluding hydrogens is 425 g/mol. The largest absolute Gasteiger partial charge is 0.573 e. The third kappa shape index (κ3) is 5.03. The molecule has 1 aliphatic heterocycles. The van der Waals surface area contributed by atoms with E-state index in [1.165, 1.54) is 40.6 Å². The van der Waals surface area contributed by atoms with E-state index < -0.39 is 28.0 Å². The summed E-state index contributed by atoms with van der Waals surface area (Å²) in [6.07, 6.45) is -4.81. The number of sulfonamides is 1. The molecule has 0 unspecified atom stereocenters. The molecule has 1 aliphatic rings. The van der Waals surface area contributed by atoms with Crippen LogP contribution >= 0.6 is 0 Å². The Labute approximate surface area is 171 Å². The lowest BCUT2D eigenvalue weighted by Gasteiger charge is -2.34. The van der Waals surface area contributed by atoms with Crippen molar-refractivity contribution >= 4 is 15.9 Å². The smallest absolute Gasteiger partial charge is 0.497 e. The first-order chi connectivity index (χ1) is 14.1. The van der Waals surface area contributed by atoms with Crippen LogP contribution in [0.3, 0.4) is 0 Å². The Morgan fingerprint density at radius 3 is 1.93 bits per heavy atom. The summed E-state index contributed by atoms with van der Waals surface area (Å²) < 4.78 is 72.3. The van der Waals surface area contributed by atoms with E-state index in [1.54, 1.807) is 12.1 Å². The minimum atomic E-state index is -4.81. The van der Waals surface area contributed by atoms with Gasteiger partial charge in [-0.05, 0) is 48.5 Å². The van der Waals surface area contributed by atoms with Crippen LogP contribution in [-0.2, 0) is 10.0 Å². The van der Waals surface area contributed by atoms with Crippen molar-refractivity contribution in [2.45, 2.75) is 11.3 Å². The summed E-state index contributed by atoms with van der Waals surface area (Å²) in [5.74, 6) is -0.277. The van der Waals surface area contributed by atoms with Gasteiger partial charge in [-0.25, -0.2) is 8.42 Å². The predicted molar refractivity (Wildman–Crippen MR) is 101 cm³/mol. The van der Waals surface area contributed by atoms with Crippen LogP contribution in [-0.4, -0.2) is 63.2 Å². The maximum absolute atomic E-state index is 12.8. The van der Waals surface area contributed by atoms with E-state index in [-0.39, 0.29) is 36.6 Å². The Kier molecular flexibility index (Phi) is 6.22. The molecule has 0 atom stereocenters. The van der Waals surface area contributed by atoms with Crippen LogP contribution in [0.15, 0.2) is 53.4 Å². The SMILES string of the molecule is COc1ccc(S(=O)(=O)N2CCN(C(=O)c3ccc(OC(F)(F)F)cc3)CC2)cc1. The molecule has 1 heterocycles. The van der Waals surface area contributed by atoms with Crippen molar-refractivity contribution in [3.63, 3.8) is 0 Å². The first-order valence-corrected chi connectivity index (χ1v) is 10.3. The van der Waals surface area contributed by atoms with Gasteiger partial charge in [0.2, 0.25) is 10.0 Å². The van der Waals surface area contributed by atoms with E-state index in [4.69, 9.17) is 4.74 Å². The topological polar surface area (TPSA) is 76.2 Å². The summed E-state index contributed by atoms with van der Waals surface area (Å²) >= 11 is 0. The Morgan fingerprint density at radius 2 is 1.43 bits per heavy atom. The fourth-order valence-electron chi connectivity index (χ4n) is 3.01. The molecule has 0 radical (unpaired) electrons. The van der Waals surface area contributed by atoms with Crippen molar-refractivity contribution in [3.8, 4) is 11.5 Å². The van der Waals surface area contributed by atoms with Gasteiger partial charge in [0.05, 0.1) is 12.0 Å². The van der Waals surface area contributed by atoms with Crippen LogP contribution in [0, 0.1) is 0 Å². The maximum atomic E-state index is 12.8. The Bertz CT molecular complexity index is 984. The minimum absolute atomic E-state index is 0.107. The van der Waals surface area contributed by atoms with Gasteiger partial charge < -0.3 is 14.4 Å². The number of hydrogen-bond acceptors (Lipinski definition) is 5. The molecule has 0 bridgehead atoms. The lowest BCUT2D eigenvalue weighted by atomic mass is 10.2. The van der Waals surface area contributed by atoms with Crippen LogP contribution in [0.4, 0.5) is 13.2 Å². The minimum Gasteiger partial charge on any atom is -0.497 e.